The first kappa shape index (κ1) is 21.0. The highest BCUT2D eigenvalue weighted by atomic mass is 19.1. The Kier molecular flexibility index (Phi) is 6.79. The summed E-state index contributed by atoms with van der Waals surface area (Å²) >= 11 is 0. The molecular weight excluding hydrogens is 394 g/mol. The number of rotatable bonds is 8. The zero-order valence-electron chi connectivity index (χ0n) is 16.2. The highest BCUT2D eigenvalue weighted by molar-refractivity contribution is 5.96. The molecule has 3 rings (SSSR count). The minimum atomic E-state index is -0.767. The molecule has 1 aromatic heterocycles. The van der Waals surface area contributed by atoms with Crippen molar-refractivity contribution in [3.05, 3.63) is 89.4 Å². The van der Waals surface area contributed by atoms with Gasteiger partial charge >= 0.3 is 5.97 Å². The van der Waals surface area contributed by atoms with Gasteiger partial charge in [-0.05, 0) is 37.3 Å². The number of halogens is 2. The lowest BCUT2D eigenvalue weighted by atomic mass is 10.1. The quantitative estimate of drug-likeness (QED) is 0.540. The summed E-state index contributed by atoms with van der Waals surface area (Å²) in [6, 6.07) is 12.6. The molecule has 1 atom stereocenters. The number of benzene rings is 2. The summed E-state index contributed by atoms with van der Waals surface area (Å²) in [5.41, 5.74) is 0.916. The lowest BCUT2D eigenvalue weighted by Gasteiger charge is -2.15. The third-order valence-corrected chi connectivity index (χ3v) is 4.32. The van der Waals surface area contributed by atoms with E-state index in [4.69, 9.17) is 9.15 Å². The number of para-hydroxylation sites is 1. The largest absolute Gasteiger partial charge is 0.467 e. The number of hydrogen-bond donors (Lipinski definition) is 2. The van der Waals surface area contributed by atoms with Crippen molar-refractivity contribution in [1.29, 1.82) is 0 Å². The monoisotopic (exact) mass is 414 g/mol. The van der Waals surface area contributed by atoms with Crippen molar-refractivity contribution in [2.24, 2.45) is 0 Å². The second-order valence-corrected chi connectivity index (χ2v) is 6.51. The summed E-state index contributed by atoms with van der Waals surface area (Å²) in [4.78, 5) is 24.5. The number of ether oxygens (including phenoxy) is 1. The maximum absolute atomic E-state index is 13.8. The smallest absolute Gasteiger partial charge is 0.340 e. The fourth-order valence-corrected chi connectivity index (χ4v) is 2.83. The van der Waals surface area contributed by atoms with Crippen LogP contribution in [0.4, 0.5) is 14.5 Å². The van der Waals surface area contributed by atoms with Gasteiger partial charge in [-0.25, -0.2) is 13.6 Å². The zero-order valence-corrected chi connectivity index (χ0v) is 16.2. The topological polar surface area (TPSA) is 80.6 Å². The van der Waals surface area contributed by atoms with Crippen molar-refractivity contribution >= 4 is 17.6 Å². The molecule has 30 heavy (non-hydrogen) atoms. The van der Waals surface area contributed by atoms with Crippen LogP contribution >= 0.6 is 0 Å². The van der Waals surface area contributed by atoms with Gasteiger partial charge in [0, 0.05) is 17.3 Å². The Morgan fingerprint density at radius 1 is 1.10 bits per heavy atom. The molecule has 0 aliphatic carbocycles. The van der Waals surface area contributed by atoms with Gasteiger partial charge in [-0.1, -0.05) is 18.2 Å². The molecule has 0 aliphatic rings. The van der Waals surface area contributed by atoms with Gasteiger partial charge in [-0.3, -0.25) is 4.79 Å². The molecule has 0 bridgehead atoms. The van der Waals surface area contributed by atoms with E-state index in [9.17, 15) is 18.4 Å². The van der Waals surface area contributed by atoms with Crippen molar-refractivity contribution in [1.82, 2.24) is 5.32 Å². The molecule has 2 aromatic carbocycles. The van der Waals surface area contributed by atoms with E-state index < -0.39 is 36.2 Å². The van der Waals surface area contributed by atoms with E-state index >= 15 is 0 Å². The fraction of sp³-hybridized carbons (Fsp3) is 0.182. The molecule has 1 heterocycles. The van der Waals surface area contributed by atoms with Crippen LogP contribution in [-0.2, 0) is 16.1 Å². The van der Waals surface area contributed by atoms with Gasteiger partial charge in [0.2, 0.25) is 0 Å². The van der Waals surface area contributed by atoms with Crippen LogP contribution in [0.1, 0.15) is 34.6 Å². The second-order valence-electron chi connectivity index (χ2n) is 6.51. The second kappa shape index (κ2) is 9.69. The van der Waals surface area contributed by atoms with E-state index in [0.29, 0.717) is 18.0 Å². The maximum Gasteiger partial charge on any atom is 0.340 e. The zero-order chi connectivity index (χ0) is 21.5. The maximum atomic E-state index is 13.8. The number of carbonyl (C=O) groups is 2. The highest BCUT2D eigenvalue weighted by Crippen LogP contribution is 2.19. The van der Waals surface area contributed by atoms with E-state index in [0.717, 1.165) is 12.1 Å². The molecule has 0 spiro atoms. The number of nitrogens with one attached hydrogen (secondary N) is 2. The molecular formula is C22H20F2N2O4. The third-order valence-electron chi connectivity index (χ3n) is 4.32. The molecule has 156 valence electrons. The molecule has 3 aromatic rings. The van der Waals surface area contributed by atoms with Crippen LogP contribution in [0.3, 0.4) is 0 Å². The van der Waals surface area contributed by atoms with Crippen LogP contribution in [0.15, 0.2) is 65.3 Å². The first-order valence-electron chi connectivity index (χ1n) is 9.20. The fourth-order valence-electron chi connectivity index (χ4n) is 2.83. The van der Waals surface area contributed by atoms with Crippen molar-refractivity contribution < 1.29 is 27.5 Å². The summed E-state index contributed by atoms with van der Waals surface area (Å²) in [5.74, 6) is -2.08. The molecule has 0 saturated heterocycles. The molecule has 1 amide bonds. The first-order chi connectivity index (χ1) is 14.4. The SMILES string of the molecule is C[C@@H](NC(=O)COC(=O)c1ccccc1NCc1ccco1)c1ccc(F)cc1F. The summed E-state index contributed by atoms with van der Waals surface area (Å²) in [7, 11) is 0. The van der Waals surface area contributed by atoms with E-state index in [1.165, 1.54) is 6.07 Å². The minimum Gasteiger partial charge on any atom is -0.467 e. The Morgan fingerprint density at radius 3 is 2.63 bits per heavy atom. The minimum absolute atomic E-state index is 0.128. The van der Waals surface area contributed by atoms with Crippen LogP contribution in [0.5, 0.6) is 0 Å². The molecule has 6 nitrogen and oxygen atoms in total. The molecule has 0 aliphatic heterocycles. The molecule has 0 saturated carbocycles. The Morgan fingerprint density at radius 2 is 1.90 bits per heavy atom. The van der Waals surface area contributed by atoms with Gasteiger partial charge in [0.05, 0.1) is 24.4 Å². The number of hydrogen-bond acceptors (Lipinski definition) is 5. The lowest BCUT2D eigenvalue weighted by molar-refractivity contribution is -0.124. The normalized spacial score (nSPS) is 11.6. The van der Waals surface area contributed by atoms with Crippen LogP contribution in [0.2, 0.25) is 0 Å². The molecule has 0 fully saturated rings. The molecule has 0 radical (unpaired) electrons. The summed E-state index contributed by atoms with van der Waals surface area (Å²) in [6.45, 7) is 1.38. The van der Waals surface area contributed by atoms with Crippen molar-refractivity contribution in [2.75, 3.05) is 11.9 Å². The molecule has 2 N–H and O–H groups in total. The number of anilines is 1. The van der Waals surface area contributed by atoms with Crippen LogP contribution < -0.4 is 10.6 Å². The Labute approximate surface area is 171 Å². The van der Waals surface area contributed by atoms with Crippen molar-refractivity contribution in [3.63, 3.8) is 0 Å². The van der Waals surface area contributed by atoms with E-state index in [1.807, 2.05) is 0 Å². The van der Waals surface area contributed by atoms with Gasteiger partial charge in [0.15, 0.2) is 6.61 Å². The first-order valence-corrected chi connectivity index (χ1v) is 9.20. The Bertz CT molecular complexity index is 1020. The van der Waals surface area contributed by atoms with Crippen molar-refractivity contribution in [2.45, 2.75) is 19.5 Å². The summed E-state index contributed by atoms with van der Waals surface area (Å²) < 4.78 is 37.2. The molecule has 0 unspecified atom stereocenters. The van der Waals surface area contributed by atoms with Crippen LogP contribution in [0.25, 0.3) is 0 Å². The predicted octanol–water partition coefficient (Wildman–Crippen LogP) is 4.20. The molecule has 8 heteroatoms. The average molecular weight is 414 g/mol. The lowest BCUT2D eigenvalue weighted by Crippen LogP contribution is -2.31. The van der Waals surface area contributed by atoms with Gasteiger partial charge in [-0.15, -0.1) is 0 Å². The standard InChI is InChI=1S/C22H20F2N2O4/c1-14(17-9-8-15(23)11-19(17)24)26-21(27)13-30-22(28)18-6-2-3-7-20(18)25-12-16-5-4-10-29-16/h2-11,14,25H,12-13H2,1H3,(H,26,27)/t14-/m1/s1. The van der Waals surface area contributed by atoms with Crippen LogP contribution in [-0.4, -0.2) is 18.5 Å². The number of esters is 1. The van der Waals surface area contributed by atoms with Crippen molar-refractivity contribution in [3.8, 4) is 0 Å². The van der Waals surface area contributed by atoms with Crippen LogP contribution in [0, 0.1) is 11.6 Å². The van der Waals surface area contributed by atoms with E-state index in [-0.39, 0.29) is 11.1 Å². The van der Waals surface area contributed by atoms with E-state index in [2.05, 4.69) is 10.6 Å². The third kappa shape index (κ3) is 5.44. The van der Waals surface area contributed by atoms with Gasteiger partial charge in [-0.2, -0.15) is 0 Å². The number of carbonyl (C=O) groups excluding carboxylic acids is 2. The van der Waals surface area contributed by atoms with Gasteiger partial charge in [0.1, 0.15) is 17.4 Å². The van der Waals surface area contributed by atoms with Gasteiger partial charge < -0.3 is 19.8 Å². The predicted molar refractivity (Wildman–Crippen MR) is 106 cm³/mol. The summed E-state index contributed by atoms with van der Waals surface area (Å²) in [6.07, 6.45) is 1.55. The number of furan rings is 1. The van der Waals surface area contributed by atoms with Gasteiger partial charge in [0.25, 0.3) is 5.91 Å². The van der Waals surface area contributed by atoms with E-state index in [1.54, 1.807) is 49.6 Å². The Balaban J connectivity index is 1.55. The average Bonchev–Trinajstić information content (AvgIpc) is 3.24. The summed E-state index contributed by atoms with van der Waals surface area (Å²) in [5, 5.41) is 5.60. The highest BCUT2D eigenvalue weighted by Gasteiger charge is 2.17. The Hall–Kier alpha value is -3.68. The number of amides is 1.